The summed E-state index contributed by atoms with van der Waals surface area (Å²) in [6.07, 6.45) is 1.12. The van der Waals surface area contributed by atoms with E-state index in [0.29, 0.717) is 0 Å². The van der Waals surface area contributed by atoms with E-state index in [-0.39, 0.29) is 11.7 Å². The highest BCUT2D eigenvalue weighted by atomic mass is 16.6. The predicted octanol–water partition coefficient (Wildman–Crippen LogP) is 2.28. The molecule has 72 valence electrons. The van der Waals surface area contributed by atoms with Crippen molar-refractivity contribution >= 4 is 0 Å². The first kappa shape index (κ1) is 9.23. The van der Waals surface area contributed by atoms with Crippen LogP contribution in [-0.4, -0.2) is 11.7 Å². The van der Waals surface area contributed by atoms with E-state index in [0.717, 1.165) is 17.5 Å². The summed E-state index contributed by atoms with van der Waals surface area (Å²) in [7, 11) is 0. The van der Waals surface area contributed by atoms with Crippen LogP contribution in [0.25, 0.3) is 0 Å². The molecule has 1 aliphatic heterocycles. The smallest absolute Gasteiger partial charge is 0.0994 e. The van der Waals surface area contributed by atoms with E-state index in [2.05, 4.69) is 19.9 Å². The zero-order chi connectivity index (χ0) is 10.2. The van der Waals surface area contributed by atoms with Crippen LogP contribution in [0.3, 0.4) is 0 Å². The van der Waals surface area contributed by atoms with Crippen molar-refractivity contribution in [2.24, 2.45) is 0 Å². The van der Waals surface area contributed by atoms with Gasteiger partial charge in [-0.3, -0.25) is 0 Å². The Balaban J connectivity index is 2.15. The van der Waals surface area contributed by atoms with Crippen molar-refractivity contribution in [3.05, 3.63) is 35.4 Å². The van der Waals surface area contributed by atoms with Gasteiger partial charge in [-0.2, -0.15) is 5.26 Å². The largest absolute Gasteiger partial charge is 0.366 e. The highest BCUT2D eigenvalue weighted by Crippen LogP contribution is 2.37. The molecular weight excluding hydrogens is 174 g/mol. The zero-order valence-corrected chi connectivity index (χ0v) is 8.45. The molecule has 2 rings (SSSR count). The summed E-state index contributed by atoms with van der Waals surface area (Å²) < 4.78 is 5.50. The molecule has 0 amide bonds. The van der Waals surface area contributed by atoms with Crippen molar-refractivity contribution in [1.29, 1.82) is 5.26 Å². The maximum atomic E-state index is 8.89. The Labute approximate surface area is 84.1 Å². The zero-order valence-electron chi connectivity index (χ0n) is 8.45. The summed E-state index contributed by atoms with van der Waals surface area (Å²) >= 11 is 0. The molecule has 1 heterocycles. The Morgan fingerprint density at radius 1 is 1.43 bits per heavy atom. The first-order valence-corrected chi connectivity index (χ1v) is 4.79. The summed E-state index contributed by atoms with van der Waals surface area (Å²) in [5, 5.41) is 8.89. The van der Waals surface area contributed by atoms with Gasteiger partial charge < -0.3 is 4.74 Å². The maximum absolute atomic E-state index is 8.89. The molecule has 2 heteroatoms. The van der Waals surface area contributed by atoms with Crippen molar-refractivity contribution in [1.82, 2.24) is 0 Å². The summed E-state index contributed by atoms with van der Waals surface area (Å²) in [6.45, 7) is 4.15. The molecule has 0 saturated carbocycles. The van der Waals surface area contributed by atoms with Crippen molar-refractivity contribution < 1.29 is 4.74 Å². The van der Waals surface area contributed by atoms with Gasteiger partial charge in [-0.15, -0.1) is 0 Å². The molecule has 1 aromatic rings. The molecule has 0 radical (unpaired) electrons. The van der Waals surface area contributed by atoms with E-state index in [1.807, 2.05) is 24.3 Å². The average Bonchev–Trinajstić information content (AvgIpc) is 2.75. The Morgan fingerprint density at radius 3 is 2.64 bits per heavy atom. The minimum atomic E-state index is 0.00255. The Hall–Kier alpha value is -1.33. The summed E-state index contributed by atoms with van der Waals surface area (Å²) in [6, 6.07) is 9.90. The number of rotatable bonds is 2. The quantitative estimate of drug-likeness (QED) is 0.666. The lowest BCUT2D eigenvalue weighted by molar-refractivity contribution is 0.323. The lowest BCUT2D eigenvalue weighted by Gasteiger charge is -2.01. The van der Waals surface area contributed by atoms with Crippen molar-refractivity contribution in [2.75, 3.05) is 0 Å². The Kier molecular flexibility index (Phi) is 2.05. The molecule has 1 aliphatic rings. The van der Waals surface area contributed by atoms with E-state index in [1.165, 1.54) is 0 Å². The third-order valence-corrected chi connectivity index (χ3v) is 2.71. The average molecular weight is 187 g/mol. The molecule has 14 heavy (non-hydrogen) atoms. The van der Waals surface area contributed by atoms with Crippen LogP contribution in [0.2, 0.25) is 0 Å². The fourth-order valence-electron chi connectivity index (χ4n) is 1.63. The van der Waals surface area contributed by atoms with Gasteiger partial charge in [-0.1, -0.05) is 18.2 Å². The van der Waals surface area contributed by atoms with E-state index in [9.17, 15) is 0 Å². The third kappa shape index (κ3) is 1.64. The normalized spacial score (nSPS) is 22.8. The molecule has 0 bridgehead atoms. The fraction of sp³-hybridized carbons (Fsp3) is 0.417. The molecule has 2 nitrogen and oxygen atoms in total. The number of hydrogen-bond acceptors (Lipinski definition) is 2. The van der Waals surface area contributed by atoms with Crippen molar-refractivity contribution in [3.8, 4) is 6.07 Å². The number of ether oxygens (including phenoxy) is 1. The minimum Gasteiger partial charge on any atom is -0.366 e. The summed E-state index contributed by atoms with van der Waals surface area (Å²) in [5.41, 5.74) is 1.85. The van der Waals surface area contributed by atoms with Crippen molar-refractivity contribution in [3.63, 3.8) is 0 Å². The number of nitriles is 1. The maximum Gasteiger partial charge on any atom is 0.0994 e. The Bertz CT molecular complexity index is 390. The SMILES string of the molecule is CC1(C)O[C@@H]1Cc1ccccc1C#N. The molecule has 0 unspecified atom stereocenters. The van der Waals surface area contributed by atoms with Gasteiger partial charge in [0.2, 0.25) is 0 Å². The summed E-state index contributed by atoms with van der Waals surface area (Å²) in [4.78, 5) is 0. The van der Waals surface area contributed by atoms with Crippen LogP contribution in [0.1, 0.15) is 25.0 Å². The van der Waals surface area contributed by atoms with Crippen molar-refractivity contribution in [2.45, 2.75) is 32.0 Å². The standard InChI is InChI=1S/C12H13NO/c1-12(2)11(14-12)7-9-5-3-4-6-10(9)8-13/h3-6,11H,7H2,1-2H3/t11-/m1/s1. The number of benzene rings is 1. The highest BCUT2D eigenvalue weighted by Gasteiger charge is 2.47. The van der Waals surface area contributed by atoms with Gasteiger partial charge in [0.1, 0.15) is 0 Å². The van der Waals surface area contributed by atoms with Gasteiger partial charge in [-0.05, 0) is 25.5 Å². The molecule has 0 aliphatic carbocycles. The van der Waals surface area contributed by atoms with Crippen LogP contribution < -0.4 is 0 Å². The van der Waals surface area contributed by atoms with E-state index < -0.39 is 0 Å². The van der Waals surface area contributed by atoms with E-state index in [1.54, 1.807) is 0 Å². The molecular formula is C12H13NO. The van der Waals surface area contributed by atoms with Crippen LogP contribution in [-0.2, 0) is 11.2 Å². The topological polar surface area (TPSA) is 36.3 Å². The second-order valence-corrected chi connectivity index (χ2v) is 4.18. The highest BCUT2D eigenvalue weighted by molar-refractivity contribution is 5.38. The predicted molar refractivity (Wildman–Crippen MR) is 53.8 cm³/mol. The summed E-state index contributed by atoms with van der Waals surface area (Å²) in [5.74, 6) is 0. The second kappa shape index (κ2) is 3.11. The van der Waals surface area contributed by atoms with Crippen LogP contribution in [0.4, 0.5) is 0 Å². The molecule has 1 fully saturated rings. The molecule has 1 atom stereocenters. The molecule has 0 aromatic heterocycles. The van der Waals surface area contributed by atoms with Crippen LogP contribution in [0.15, 0.2) is 24.3 Å². The van der Waals surface area contributed by atoms with Gasteiger partial charge in [-0.25, -0.2) is 0 Å². The van der Waals surface area contributed by atoms with Gasteiger partial charge >= 0.3 is 0 Å². The van der Waals surface area contributed by atoms with E-state index >= 15 is 0 Å². The van der Waals surface area contributed by atoms with Crippen LogP contribution >= 0.6 is 0 Å². The number of epoxide rings is 1. The molecule has 0 N–H and O–H groups in total. The monoisotopic (exact) mass is 187 g/mol. The fourth-order valence-corrected chi connectivity index (χ4v) is 1.63. The van der Waals surface area contributed by atoms with Crippen LogP contribution in [0.5, 0.6) is 0 Å². The second-order valence-electron chi connectivity index (χ2n) is 4.18. The third-order valence-electron chi connectivity index (χ3n) is 2.71. The number of hydrogen-bond donors (Lipinski definition) is 0. The lowest BCUT2D eigenvalue weighted by Crippen LogP contribution is -2.06. The Morgan fingerprint density at radius 2 is 2.07 bits per heavy atom. The minimum absolute atomic E-state index is 0.00255. The van der Waals surface area contributed by atoms with Gasteiger partial charge in [0.05, 0.1) is 23.3 Å². The number of nitrogens with zero attached hydrogens (tertiary/aromatic N) is 1. The first-order chi connectivity index (χ1) is 6.63. The molecule has 1 aromatic carbocycles. The van der Waals surface area contributed by atoms with Gasteiger partial charge in [0, 0.05) is 6.42 Å². The van der Waals surface area contributed by atoms with Crippen LogP contribution in [0, 0.1) is 11.3 Å². The van der Waals surface area contributed by atoms with Gasteiger partial charge in [0.25, 0.3) is 0 Å². The van der Waals surface area contributed by atoms with E-state index in [4.69, 9.17) is 10.00 Å². The van der Waals surface area contributed by atoms with Gasteiger partial charge in [0.15, 0.2) is 0 Å². The molecule has 0 spiro atoms. The molecule has 1 saturated heterocycles. The lowest BCUT2D eigenvalue weighted by atomic mass is 9.99. The first-order valence-electron chi connectivity index (χ1n) is 4.79.